The minimum atomic E-state index is -0.340. The van der Waals surface area contributed by atoms with Crippen molar-refractivity contribution in [2.24, 2.45) is 5.92 Å². The number of nitrogens with one attached hydrogen (secondary N) is 1. The van der Waals surface area contributed by atoms with Gasteiger partial charge in [-0.1, -0.05) is 36.8 Å². The third-order valence-corrected chi connectivity index (χ3v) is 4.55. The van der Waals surface area contributed by atoms with Gasteiger partial charge in [-0.05, 0) is 56.0 Å². The number of hydrogen-bond acceptors (Lipinski definition) is 2. The number of benzene rings is 2. The molecule has 27 heavy (non-hydrogen) atoms. The van der Waals surface area contributed by atoms with Crippen LogP contribution in [0, 0.1) is 32.5 Å². The van der Waals surface area contributed by atoms with Crippen LogP contribution >= 0.6 is 0 Å². The van der Waals surface area contributed by atoms with Crippen LogP contribution in [0.1, 0.15) is 29.2 Å². The van der Waals surface area contributed by atoms with Gasteiger partial charge in [0.1, 0.15) is 5.82 Å². The van der Waals surface area contributed by atoms with Gasteiger partial charge >= 0.3 is 0 Å². The van der Waals surface area contributed by atoms with Crippen LogP contribution in [0.15, 0.2) is 36.4 Å². The molecular formula is C22H27FN2O2. The summed E-state index contributed by atoms with van der Waals surface area (Å²) in [5.41, 5.74) is 4.68. The Bertz CT molecular complexity index is 825. The van der Waals surface area contributed by atoms with Gasteiger partial charge in [0, 0.05) is 18.7 Å². The highest BCUT2D eigenvalue weighted by molar-refractivity contribution is 5.96. The quantitative estimate of drug-likeness (QED) is 0.835. The Balaban J connectivity index is 1.96. The highest BCUT2D eigenvalue weighted by atomic mass is 19.1. The van der Waals surface area contributed by atoms with Gasteiger partial charge in [0.15, 0.2) is 0 Å². The number of nitrogens with zero attached hydrogens (tertiary/aromatic N) is 1. The van der Waals surface area contributed by atoms with Crippen molar-refractivity contribution in [3.05, 3.63) is 64.5 Å². The van der Waals surface area contributed by atoms with Crippen LogP contribution in [0.4, 0.5) is 10.1 Å². The molecule has 0 radical (unpaired) electrons. The van der Waals surface area contributed by atoms with Crippen LogP contribution in [0.3, 0.4) is 0 Å². The molecule has 1 atom stereocenters. The zero-order chi connectivity index (χ0) is 20.1. The molecule has 2 aromatic rings. The fourth-order valence-electron chi connectivity index (χ4n) is 3.33. The molecule has 5 heteroatoms. The largest absolute Gasteiger partial charge is 0.336 e. The summed E-state index contributed by atoms with van der Waals surface area (Å²) < 4.78 is 13.3. The molecule has 0 heterocycles. The summed E-state index contributed by atoms with van der Waals surface area (Å²) in [7, 11) is 1.61. The molecule has 0 saturated heterocycles. The minimum absolute atomic E-state index is 0.0287. The Hall–Kier alpha value is -2.69. The summed E-state index contributed by atoms with van der Waals surface area (Å²) in [6, 6.07) is 10.3. The molecule has 0 bridgehead atoms. The molecule has 2 rings (SSSR count). The van der Waals surface area contributed by atoms with Gasteiger partial charge in [-0.3, -0.25) is 9.59 Å². The van der Waals surface area contributed by atoms with Gasteiger partial charge < -0.3 is 10.2 Å². The highest BCUT2D eigenvalue weighted by Gasteiger charge is 2.20. The van der Waals surface area contributed by atoms with Gasteiger partial charge in [-0.25, -0.2) is 4.39 Å². The van der Waals surface area contributed by atoms with Crippen molar-refractivity contribution in [1.29, 1.82) is 0 Å². The maximum atomic E-state index is 13.3. The van der Waals surface area contributed by atoms with E-state index in [1.807, 2.05) is 32.9 Å². The maximum absolute atomic E-state index is 13.3. The molecule has 1 N–H and O–H groups in total. The second kappa shape index (κ2) is 8.80. The fraction of sp³-hybridized carbons (Fsp3) is 0.364. The van der Waals surface area contributed by atoms with Crippen LogP contribution in [0.2, 0.25) is 0 Å². The predicted octanol–water partition coefficient (Wildman–Crippen LogP) is 4.03. The molecule has 0 spiro atoms. The first kappa shape index (κ1) is 20.6. The molecule has 0 aliphatic heterocycles. The normalized spacial score (nSPS) is 11.8. The zero-order valence-electron chi connectivity index (χ0n) is 16.6. The Labute approximate surface area is 160 Å². The van der Waals surface area contributed by atoms with Gasteiger partial charge in [0.2, 0.25) is 11.8 Å². The van der Waals surface area contributed by atoms with E-state index in [1.165, 1.54) is 17.0 Å². The number of likely N-dealkylation sites (N-methyl/N-ethyl adjacent to an activating group) is 1. The Morgan fingerprint density at radius 1 is 1.11 bits per heavy atom. The average Bonchev–Trinajstić information content (AvgIpc) is 2.57. The van der Waals surface area contributed by atoms with E-state index in [2.05, 4.69) is 5.32 Å². The summed E-state index contributed by atoms with van der Waals surface area (Å²) in [6.45, 7) is 7.67. The van der Waals surface area contributed by atoms with E-state index in [0.717, 1.165) is 27.9 Å². The molecule has 144 valence electrons. The lowest BCUT2D eigenvalue weighted by atomic mass is 10.00. The fourth-order valence-corrected chi connectivity index (χ4v) is 3.33. The number of carbonyl (C=O) groups excluding carboxylic acids is 2. The van der Waals surface area contributed by atoms with E-state index >= 15 is 0 Å². The maximum Gasteiger partial charge on any atom is 0.243 e. The molecule has 0 saturated carbocycles. The van der Waals surface area contributed by atoms with Crippen molar-refractivity contribution in [2.75, 3.05) is 18.9 Å². The van der Waals surface area contributed by atoms with Crippen LogP contribution in [0.25, 0.3) is 0 Å². The molecular weight excluding hydrogens is 343 g/mol. The smallest absolute Gasteiger partial charge is 0.243 e. The number of hydrogen-bond donors (Lipinski definition) is 1. The second-order valence-electron chi connectivity index (χ2n) is 7.25. The Kier molecular flexibility index (Phi) is 6.72. The molecule has 0 fully saturated rings. The number of anilines is 1. The molecule has 0 aliphatic rings. The lowest BCUT2D eigenvalue weighted by molar-refractivity contribution is -0.136. The lowest BCUT2D eigenvalue weighted by Crippen LogP contribution is -2.38. The molecule has 0 aliphatic carbocycles. The topological polar surface area (TPSA) is 49.4 Å². The van der Waals surface area contributed by atoms with Crippen molar-refractivity contribution < 1.29 is 14.0 Å². The van der Waals surface area contributed by atoms with Gasteiger partial charge in [-0.15, -0.1) is 0 Å². The standard InChI is InChI=1S/C22H27FN2O2/c1-14-9-15(2)21(16(3)10-14)24-20(26)13-25(5)22(27)17(4)11-18-7-6-8-19(23)12-18/h6-10,12,17H,11,13H2,1-5H3,(H,24,26). The zero-order valence-corrected chi connectivity index (χ0v) is 16.6. The van der Waals surface area contributed by atoms with Crippen molar-refractivity contribution in [2.45, 2.75) is 34.1 Å². The highest BCUT2D eigenvalue weighted by Crippen LogP contribution is 2.22. The van der Waals surface area contributed by atoms with Crippen molar-refractivity contribution >= 4 is 17.5 Å². The summed E-state index contributed by atoms with van der Waals surface area (Å²) >= 11 is 0. The first-order valence-electron chi connectivity index (χ1n) is 9.04. The van der Waals surface area contributed by atoms with Crippen LogP contribution < -0.4 is 5.32 Å². The molecule has 1 unspecified atom stereocenters. The van der Waals surface area contributed by atoms with Gasteiger partial charge in [0.25, 0.3) is 0 Å². The average molecular weight is 370 g/mol. The SMILES string of the molecule is Cc1cc(C)c(NC(=O)CN(C)C(=O)C(C)Cc2cccc(F)c2)c(C)c1. The number of aryl methyl sites for hydroxylation is 3. The van der Waals surface area contributed by atoms with E-state index < -0.39 is 0 Å². The third kappa shape index (κ3) is 5.64. The van der Waals surface area contributed by atoms with E-state index in [9.17, 15) is 14.0 Å². The number of rotatable bonds is 6. The Morgan fingerprint density at radius 3 is 2.33 bits per heavy atom. The van der Waals surface area contributed by atoms with E-state index in [0.29, 0.717) is 6.42 Å². The lowest BCUT2D eigenvalue weighted by Gasteiger charge is -2.22. The predicted molar refractivity (Wildman–Crippen MR) is 106 cm³/mol. The van der Waals surface area contributed by atoms with Crippen molar-refractivity contribution in [3.8, 4) is 0 Å². The monoisotopic (exact) mass is 370 g/mol. The summed E-state index contributed by atoms with van der Waals surface area (Å²) in [5.74, 6) is -1.04. The molecule has 0 aromatic heterocycles. The number of amides is 2. The van der Waals surface area contributed by atoms with E-state index in [1.54, 1.807) is 26.1 Å². The van der Waals surface area contributed by atoms with Gasteiger partial charge in [-0.2, -0.15) is 0 Å². The third-order valence-electron chi connectivity index (χ3n) is 4.55. The van der Waals surface area contributed by atoms with Crippen LogP contribution in [-0.2, 0) is 16.0 Å². The Morgan fingerprint density at radius 2 is 1.74 bits per heavy atom. The molecule has 4 nitrogen and oxygen atoms in total. The number of carbonyl (C=O) groups is 2. The number of halogens is 1. The van der Waals surface area contributed by atoms with Gasteiger partial charge in [0.05, 0.1) is 6.54 Å². The van der Waals surface area contributed by atoms with Crippen molar-refractivity contribution in [3.63, 3.8) is 0 Å². The first-order chi connectivity index (χ1) is 12.7. The molecule has 2 amide bonds. The molecule has 2 aromatic carbocycles. The minimum Gasteiger partial charge on any atom is -0.336 e. The van der Waals surface area contributed by atoms with Crippen molar-refractivity contribution in [1.82, 2.24) is 4.90 Å². The summed E-state index contributed by atoms with van der Waals surface area (Å²) in [5, 5.41) is 2.91. The first-order valence-corrected chi connectivity index (χ1v) is 9.04. The second-order valence-corrected chi connectivity index (χ2v) is 7.25. The summed E-state index contributed by atoms with van der Waals surface area (Å²) in [4.78, 5) is 26.4. The van der Waals surface area contributed by atoms with E-state index in [-0.39, 0.29) is 30.1 Å². The van der Waals surface area contributed by atoms with E-state index in [4.69, 9.17) is 0 Å². The van der Waals surface area contributed by atoms with Crippen LogP contribution in [0.5, 0.6) is 0 Å². The summed E-state index contributed by atoms with van der Waals surface area (Å²) in [6.07, 6.45) is 0.429. The van der Waals surface area contributed by atoms with Crippen LogP contribution in [-0.4, -0.2) is 30.3 Å².